The Hall–Kier alpha value is -0.610. The SMILES string of the molecule is CCCCCN(CCC(NC(C)C)C(=O)OCC)C(C)C. The first-order valence-electron chi connectivity index (χ1n) is 8.59. The third-order valence-corrected chi connectivity index (χ3v) is 3.59. The number of esters is 1. The summed E-state index contributed by atoms with van der Waals surface area (Å²) in [5.74, 6) is -0.122. The molecule has 0 rings (SSSR count). The first-order valence-corrected chi connectivity index (χ1v) is 8.59. The lowest BCUT2D eigenvalue weighted by Gasteiger charge is -2.29. The lowest BCUT2D eigenvalue weighted by Crippen LogP contribution is -2.45. The monoisotopic (exact) mass is 300 g/mol. The van der Waals surface area contributed by atoms with Crippen LogP contribution >= 0.6 is 0 Å². The number of carbonyl (C=O) groups excluding carboxylic acids is 1. The smallest absolute Gasteiger partial charge is 0.323 e. The molecule has 21 heavy (non-hydrogen) atoms. The minimum absolute atomic E-state index is 0.122. The largest absolute Gasteiger partial charge is 0.465 e. The van der Waals surface area contributed by atoms with Gasteiger partial charge in [-0.25, -0.2) is 0 Å². The summed E-state index contributed by atoms with van der Waals surface area (Å²) in [6.45, 7) is 15.1. The van der Waals surface area contributed by atoms with E-state index in [0.29, 0.717) is 12.6 Å². The molecule has 1 unspecified atom stereocenters. The first-order chi connectivity index (χ1) is 9.92. The topological polar surface area (TPSA) is 41.6 Å². The van der Waals surface area contributed by atoms with Crippen molar-refractivity contribution < 1.29 is 9.53 Å². The average Bonchev–Trinajstić information content (AvgIpc) is 2.40. The van der Waals surface area contributed by atoms with Crippen LogP contribution in [0.15, 0.2) is 0 Å². The van der Waals surface area contributed by atoms with Gasteiger partial charge in [0, 0.05) is 18.6 Å². The Balaban J connectivity index is 4.41. The summed E-state index contributed by atoms with van der Waals surface area (Å²) in [7, 11) is 0. The number of nitrogens with one attached hydrogen (secondary N) is 1. The number of hydrogen-bond donors (Lipinski definition) is 1. The zero-order valence-corrected chi connectivity index (χ0v) is 14.9. The van der Waals surface area contributed by atoms with Crippen LogP contribution in [0.5, 0.6) is 0 Å². The number of carbonyl (C=O) groups is 1. The summed E-state index contributed by atoms with van der Waals surface area (Å²) in [5, 5.41) is 3.32. The van der Waals surface area contributed by atoms with Crippen molar-refractivity contribution in [3.63, 3.8) is 0 Å². The molecule has 0 aliphatic carbocycles. The molecule has 0 aromatic rings. The number of hydrogen-bond acceptors (Lipinski definition) is 4. The normalized spacial score (nSPS) is 13.2. The Morgan fingerprint density at radius 3 is 2.24 bits per heavy atom. The van der Waals surface area contributed by atoms with E-state index in [9.17, 15) is 4.79 Å². The van der Waals surface area contributed by atoms with Crippen LogP contribution in [0.1, 0.15) is 67.2 Å². The second-order valence-electron chi connectivity index (χ2n) is 6.25. The molecule has 0 aliphatic heterocycles. The first kappa shape index (κ1) is 20.4. The molecule has 0 aromatic carbocycles. The highest BCUT2D eigenvalue weighted by Crippen LogP contribution is 2.07. The van der Waals surface area contributed by atoms with Crippen LogP contribution in [0, 0.1) is 0 Å². The Kier molecular flexibility index (Phi) is 11.6. The lowest BCUT2D eigenvalue weighted by molar-refractivity contribution is -0.146. The molecule has 0 bridgehead atoms. The average molecular weight is 300 g/mol. The highest BCUT2D eigenvalue weighted by atomic mass is 16.5. The molecule has 1 atom stereocenters. The molecule has 0 heterocycles. The molecular weight excluding hydrogens is 264 g/mol. The van der Waals surface area contributed by atoms with Crippen LogP contribution in [0.25, 0.3) is 0 Å². The van der Waals surface area contributed by atoms with Gasteiger partial charge in [0.15, 0.2) is 0 Å². The quantitative estimate of drug-likeness (QED) is 0.444. The molecule has 0 radical (unpaired) electrons. The van der Waals surface area contributed by atoms with Crippen molar-refractivity contribution in [2.45, 2.75) is 85.4 Å². The van der Waals surface area contributed by atoms with E-state index in [-0.39, 0.29) is 18.1 Å². The predicted molar refractivity (Wildman–Crippen MR) is 89.5 cm³/mol. The minimum Gasteiger partial charge on any atom is -0.465 e. The van der Waals surface area contributed by atoms with Crippen molar-refractivity contribution in [3.05, 3.63) is 0 Å². The van der Waals surface area contributed by atoms with Crippen molar-refractivity contribution in [2.24, 2.45) is 0 Å². The van der Waals surface area contributed by atoms with Gasteiger partial charge in [0.1, 0.15) is 6.04 Å². The number of rotatable bonds is 12. The fourth-order valence-corrected chi connectivity index (χ4v) is 2.40. The summed E-state index contributed by atoms with van der Waals surface area (Å²) >= 11 is 0. The summed E-state index contributed by atoms with van der Waals surface area (Å²) < 4.78 is 5.18. The van der Waals surface area contributed by atoms with E-state index in [0.717, 1.165) is 19.5 Å². The van der Waals surface area contributed by atoms with E-state index in [4.69, 9.17) is 4.74 Å². The molecular formula is C17H36N2O2. The Labute approximate surface area is 131 Å². The van der Waals surface area contributed by atoms with Crippen LogP contribution in [0.4, 0.5) is 0 Å². The molecule has 0 saturated carbocycles. The standard InChI is InChI=1S/C17H36N2O2/c1-7-9-10-12-19(15(5)6)13-11-16(18-14(3)4)17(20)21-8-2/h14-16,18H,7-13H2,1-6H3. The molecule has 4 nitrogen and oxygen atoms in total. The lowest BCUT2D eigenvalue weighted by atomic mass is 10.1. The van der Waals surface area contributed by atoms with Crippen LogP contribution in [-0.4, -0.2) is 48.7 Å². The molecule has 1 N–H and O–H groups in total. The molecule has 0 amide bonds. The van der Waals surface area contributed by atoms with Gasteiger partial charge in [-0.3, -0.25) is 4.79 Å². The molecule has 0 spiro atoms. The second-order valence-corrected chi connectivity index (χ2v) is 6.25. The highest BCUT2D eigenvalue weighted by molar-refractivity contribution is 5.75. The number of ether oxygens (including phenoxy) is 1. The molecule has 0 aliphatic rings. The maximum Gasteiger partial charge on any atom is 0.323 e. The van der Waals surface area contributed by atoms with Gasteiger partial charge in [-0.1, -0.05) is 33.6 Å². The van der Waals surface area contributed by atoms with Gasteiger partial charge in [-0.05, 0) is 40.2 Å². The van der Waals surface area contributed by atoms with Gasteiger partial charge in [-0.2, -0.15) is 0 Å². The van der Waals surface area contributed by atoms with Gasteiger partial charge in [-0.15, -0.1) is 0 Å². The van der Waals surface area contributed by atoms with E-state index in [1.54, 1.807) is 0 Å². The highest BCUT2D eigenvalue weighted by Gasteiger charge is 2.21. The van der Waals surface area contributed by atoms with Gasteiger partial charge in [0.25, 0.3) is 0 Å². The Morgan fingerprint density at radius 1 is 1.10 bits per heavy atom. The van der Waals surface area contributed by atoms with Crippen molar-refractivity contribution in [1.29, 1.82) is 0 Å². The third kappa shape index (κ3) is 9.86. The zero-order chi connectivity index (χ0) is 16.3. The number of unbranched alkanes of at least 4 members (excludes halogenated alkanes) is 2. The van der Waals surface area contributed by atoms with Crippen LogP contribution in [0.2, 0.25) is 0 Å². The Bertz CT molecular complexity index is 268. The van der Waals surface area contributed by atoms with Crippen molar-refractivity contribution in [1.82, 2.24) is 10.2 Å². The maximum absolute atomic E-state index is 12.0. The molecule has 0 saturated heterocycles. The van der Waals surface area contributed by atoms with Gasteiger partial charge >= 0.3 is 5.97 Å². The summed E-state index contributed by atoms with van der Waals surface area (Å²) in [5.41, 5.74) is 0. The van der Waals surface area contributed by atoms with E-state index >= 15 is 0 Å². The zero-order valence-electron chi connectivity index (χ0n) is 14.9. The summed E-state index contributed by atoms with van der Waals surface area (Å²) in [6, 6.07) is 0.605. The number of nitrogens with zero attached hydrogens (tertiary/aromatic N) is 1. The van der Waals surface area contributed by atoms with E-state index < -0.39 is 0 Å². The van der Waals surface area contributed by atoms with E-state index in [2.05, 4.69) is 44.8 Å². The van der Waals surface area contributed by atoms with Crippen LogP contribution in [0.3, 0.4) is 0 Å². The van der Waals surface area contributed by atoms with Gasteiger partial charge in [0.05, 0.1) is 6.61 Å². The van der Waals surface area contributed by atoms with E-state index in [1.807, 2.05) is 6.92 Å². The minimum atomic E-state index is -0.197. The maximum atomic E-state index is 12.0. The molecule has 0 fully saturated rings. The molecule has 126 valence electrons. The molecule has 0 aromatic heterocycles. The van der Waals surface area contributed by atoms with Crippen LogP contribution < -0.4 is 5.32 Å². The summed E-state index contributed by atoms with van der Waals surface area (Å²) in [6.07, 6.45) is 4.55. The predicted octanol–water partition coefficient (Wildman–Crippen LogP) is 3.21. The second kappa shape index (κ2) is 12.0. The van der Waals surface area contributed by atoms with E-state index in [1.165, 1.54) is 19.3 Å². The third-order valence-electron chi connectivity index (χ3n) is 3.59. The van der Waals surface area contributed by atoms with Crippen molar-refractivity contribution in [2.75, 3.05) is 19.7 Å². The molecule has 4 heteroatoms. The van der Waals surface area contributed by atoms with Crippen LogP contribution in [-0.2, 0) is 9.53 Å². The fraction of sp³-hybridized carbons (Fsp3) is 0.941. The van der Waals surface area contributed by atoms with Gasteiger partial charge in [0.2, 0.25) is 0 Å². The van der Waals surface area contributed by atoms with Crippen molar-refractivity contribution in [3.8, 4) is 0 Å². The Morgan fingerprint density at radius 2 is 1.76 bits per heavy atom. The van der Waals surface area contributed by atoms with Gasteiger partial charge < -0.3 is 15.0 Å². The van der Waals surface area contributed by atoms with Crippen molar-refractivity contribution >= 4 is 5.97 Å². The summed E-state index contributed by atoms with van der Waals surface area (Å²) in [4.78, 5) is 14.5. The fourth-order valence-electron chi connectivity index (χ4n) is 2.40.